The molecule has 2 atom stereocenters. The van der Waals surface area contributed by atoms with E-state index in [-0.39, 0.29) is 10.6 Å². The summed E-state index contributed by atoms with van der Waals surface area (Å²) >= 11 is 0. The van der Waals surface area contributed by atoms with Crippen LogP contribution >= 0.6 is 0 Å². The van der Waals surface area contributed by atoms with E-state index in [1.54, 1.807) is 12.1 Å². The van der Waals surface area contributed by atoms with E-state index in [1.807, 2.05) is 20.0 Å². The zero-order valence-electron chi connectivity index (χ0n) is 11.5. The fourth-order valence-electron chi connectivity index (χ4n) is 3.05. The van der Waals surface area contributed by atoms with Gasteiger partial charge in [0.2, 0.25) is 0 Å². The minimum Gasteiger partial charge on any atom is -0.371 e. The van der Waals surface area contributed by atoms with Crippen molar-refractivity contribution in [2.45, 2.75) is 32.2 Å². The van der Waals surface area contributed by atoms with Crippen LogP contribution < -0.4 is 10.6 Å². The fourth-order valence-corrected chi connectivity index (χ4v) is 3.05. The molecular formula is C14H21N3O2. The maximum atomic E-state index is 10.9. The third kappa shape index (κ3) is 2.87. The Labute approximate surface area is 113 Å². The molecule has 1 aliphatic carbocycles. The average molecular weight is 263 g/mol. The number of nitrogens with zero attached hydrogens (tertiary/aromatic N) is 2. The van der Waals surface area contributed by atoms with Crippen molar-refractivity contribution in [2.75, 3.05) is 18.5 Å². The van der Waals surface area contributed by atoms with Crippen LogP contribution in [0.5, 0.6) is 0 Å². The van der Waals surface area contributed by atoms with Crippen LogP contribution in [-0.2, 0) is 0 Å². The van der Waals surface area contributed by atoms with Crippen molar-refractivity contribution in [1.82, 2.24) is 0 Å². The molecule has 0 aliphatic heterocycles. The Morgan fingerprint density at radius 1 is 1.42 bits per heavy atom. The molecule has 0 saturated heterocycles. The number of hydrogen-bond donors (Lipinski definition) is 1. The van der Waals surface area contributed by atoms with Gasteiger partial charge in [-0.2, -0.15) is 0 Å². The van der Waals surface area contributed by atoms with E-state index < -0.39 is 0 Å². The number of aryl methyl sites for hydroxylation is 1. The van der Waals surface area contributed by atoms with Crippen LogP contribution in [-0.4, -0.2) is 24.6 Å². The van der Waals surface area contributed by atoms with Gasteiger partial charge in [0.1, 0.15) is 0 Å². The predicted octanol–water partition coefficient (Wildman–Crippen LogP) is 2.47. The number of nitro groups is 1. The van der Waals surface area contributed by atoms with Gasteiger partial charge in [0.25, 0.3) is 5.69 Å². The molecule has 2 rings (SSSR count). The molecule has 1 saturated carbocycles. The van der Waals surface area contributed by atoms with Crippen molar-refractivity contribution < 1.29 is 4.92 Å². The Bertz CT molecular complexity index is 476. The monoisotopic (exact) mass is 263 g/mol. The summed E-state index contributed by atoms with van der Waals surface area (Å²) in [6.45, 7) is 2.57. The van der Waals surface area contributed by atoms with Crippen LogP contribution in [0.3, 0.4) is 0 Å². The first kappa shape index (κ1) is 13.8. The number of anilines is 1. The molecule has 0 aromatic heterocycles. The summed E-state index contributed by atoms with van der Waals surface area (Å²) in [5.41, 5.74) is 7.80. The molecule has 1 fully saturated rings. The lowest BCUT2D eigenvalue weighted by Crippen LogP contribution is -2.37. The van der Waals surface area contributed by atoms with Gasteiger partial charge in [-0.1, -0.05) is 6.42 Å². The second-order valence-corrected chi connectivity index (χ2v) is 5.39. The summed E-state index contributed by atoms with van der Waals surface area (Å²) < 4.78 is 0. The van der Waals surface area contributed by atoms with Crippen molar-refractivity contribution in [3.8, 4) is 0 Å². The van der Waals surface area contributed by atoms with Gasteiger partial charge in [-0.3, -0.25) is 10.1 Å². The molecule has 0 spiro atoms. The summed E-state index contributed by atoms with van der Waals surface area (Å²) in [4.78, 5) is 12.8. The second-order valence-electron chi connectivity index (χ2n) is 5.39. The van der Waals surface area contributed by atoms with Gasteiger partial charge in [0, 0.05) is 30.9 Å². The smallest absolute Gasteiger partial charge is 0.271 e. The molecular weight excluding hydrogens is 242 g/mol. The lowest BCUT2D eigenvalue weighted by atomic mass is 10.0. The molecule has 5 nitrogen and oxygen atoms in total. The third-order valence-corrected chi connectivity index (χ3v) is 4.08. The van der Waals surface area contributed by atoms with Gasteiger partial charge in [-0.05, 0) is 43.9 Å². The van der Waals surface area contributed by atoms with Crippen LogP contribution in [0, 0.1) is 23.0 Å². The fraction of sp³-hybridized carbons (Fsp3) is 0.571. The second kappa shape index (κ2) is 5.57. The van der Waals surface area contributed by atoms with Gasteiger partial charge in [0.15, 0.2) is 0 Å². The topological polar surface area (TPSA) is 72.4 Å². The van der Waals surface area contributed by atoms with Crippen molar-refractivity contribution in [3.05, 3.63) is 33.9 Å². The van der Waals surface area contributed by atoms with Crippen LogP contribution in [0.15, 0.2) is 18.2 Å². The molecule has 1 aliphatic rings. The maximum Gasteiger partial charge on any atom is 0.271 e. The van der Waals surface area contributed by atoms with E-state index >= 15 is 0 Å². The van der Waals surface area contributed by atoms with Crippen LogP contribution in [0.1, 0.15) is 24.8 Å². The van der Waals surface area contributed by atoms with Crippen molar-refractivity contribution in [2.24, 2.45) is 11.7 Å². The highest BCUT2D eigenvalue weighted by molar-refractivity contribution is 5.56. The van der Waals surface area contributed by atoms with E-state index in [9.17, 15) is 10.1 Å². The average Bonchev–Trinajstić information content (AvgIpc) is 2.85. The Morgan fingerprint density at radius 3 is 2.79 bits per heavy atom. The minimum atomic E-state index is -0.334. The summed E-state index contributed by atoms with van der Waals surface area (Å²) in [6.07, 6.45) is 3.45. The number of nitro benzene ring substituents is 1. The van der Waals surface area contributed by atoms with Gasteiger partial charge in [-0.25, -0.2) is 0 Å². The molecule has 2 unspecified atom stereocenters. The lowest BCUT2D eigenvalue weighted by Gasteiger charge is -2.31. The standard InChI is InChI=1S/C14H21N3O2/c1-10-6-12(8-13(7-10)17(18)19)16(2)14-5-3-4-11(14)9-15/h6-8,11,14H,3-5,9,15H2,1-2H3. The van der Waals surface area contributed by atoms with Crippen LogP contribution in [0.25, 0.3) is 0 Å². The van der Waals surface area contributed by atoms with Gasteiger partial charge in [0.05, 0.1) is 4.92 Å². The zero-order valence-corrected chi connectivity index (χ0v) is 11.5. The number of rotatable bonds is 4. The molecule has 19 heavy (non-hydrogen) atoms. The Kier molecular flexibility index (Phi) is 4.04. The van der Waals surface area contributed by atoms with Crippen LogP contribution in [0.4, 0.5) is 11.4 Å². The Hall–Kier alpha value is -1.62. The number of benzene rings is 1. The molecule has 0 amide bonds. The first-order chi connectivity index (χ1) is 9.02. The van der Waals surface area contributed by atoms with E-state index in [0.29, 0.717) is 18.5 Å². The molecule has 0 radical (unpaired) electrons. The van der Waals surface area contributed by atoms with Gasteiger partial charge >= 0.3 is 0 Å². The summed E-state index contributed by atoms with van der Waals surface area (Å²) in [5.74, 6) is 0.490. The molecule has 104 valence electrons. The molecule has 0 bridgehead atoms. The van der Waals surface area contributed by atoms with Gasteiger partial charge < -0.3 is 10.6 Å². The van der Waals surface area contributed by atoms with Crippen LogP contribution in [0.2, 0.25) is 0 Å². The highest BCUT2D eigenvalue weighted by Gasteiger charge is 2.30. The largest absolute Gasteiger partial charge is 0.371 e. The molecule has 5 heteroatoms. The summed E-state index contributed by atoms with van der Waals surface area (Å²) in [6, 6.07) is 5.65. The quantitative estimate of drug-likeness (QED) is 0.669. The first-order valence-electron chi connectivity index (χ1n) is 6.72. The van der Waals surface area contributed by atoms with Crippen molar-refractivity contribution in [1.29, 1.82) is 0 Å². The third-order valence-electron chi connectivity index (χ3n) is 4.08. The van der Waals surface area contributed by atoms with Crippen molar-refractivity contribution >= 4 is 11.4 Å². The number of hydrogen-bond acceptors (Lipinski definition) is 4. The highest BCUT2D eigenvalue weighted by atomic mass is 16.6. The van der Waals surface area contributed by atoms with E-state index in [1.165, 1.54) is 6.42 Å². The summed E-state index contributed by atoms with van der Waals surface area (Å²) in [5, 5.41) is 10.9. The minimum absolute atomic E-state index is 0.157. The Morgan fingerprint density at radius 2 is 2.16 bits per heavy atom. The summed E-state index contributed by atoms with van der Waals surface area (Å²) in [7, 11) is 2.01. The molecule has 1 aromatic carbocycles. The van der Waals surface area contributed by atoms with E-state index in [2.05, 4.69) is 4.90 Å². The maximum absolute atomic E-state index is 10.9. The van der Waals surface area contributed by atoms with E-state index in [4.69, 9.17) is 5.73 Å². The predicted molar refractivity (Wildman–Crippen MR) is 76.4 cm³/mol. The number of non-ortho nitro benzene ring substituents is 1. The SMILES string of the molecule is Cc1cc(N(C)C2CCCC2CN)cc([N+](=O)[O-])c1. The van der Waals surface area contributed by atoms with E-state index in [0.717, 1.165) is 24.1 Å². The number of nitrogens with two attached hydrogens (primary N) is 1. The zero-order chi connectivity index (χ0) is 14.0. The molecule has 0 heterocycles. The highest BCUT2D eigenvalue weighted by Crippen LogP contribution is 2.33. The first-order valence-corrected chi connectivity index (χ1v) is 6.72. The normalized spacial score (nSPS) is 22.5. The Balaban J connectivity index is 2.28. The molecule has 2 N–H and O–H groups in total. The molecule has 1 aromatic rings. The van der Waals surface area contributed by atoms with Crippen molar-refractivity contribution in [3.63, 3.8) is 0 Å². The van der Waals surface area contributed by atoms with Gasteiger partial charge in [-0.15, -0.1) is 0 Å². The lowest BCUT2D eigenvalue weighted by molar-refractivity contribution is -0.384.